The van der Waals surface area contributed by atoms with Crippen molar-refractivity contribution in [1.82, 2.24) is 10.2 Å². The van der Waals surface area contributed by atoms with Crippen molar-refractivity contribution in [3.8, 4) is 0 Å². The van der Waals surface area contributed by atoms with E-state index in [0.29, 0.717) is 11.1 Å². The summed E-state index contributed by atoms with van der Waals surface area (Å²) in [6.45, 7) is 1.12. The van der Waals surface area contributed by atoms with E-state index in [4.69, 9.17) is 23.2 Å². The smallest absolute Gasteiger partial charge is 0.0453 e. The first-order valence-electron chi connectivity index (χ1n) is 7.54. The molecule has 4 heteroatoms. The Kier molecular flexibility index (Phi) is 4.56. The van der Waals surface area contributed by atoms with Crippen molar-refractivity contribution in [2.24, 2.45) is 0 Å². The van der Waals surface area contributed by atoms with Crippen LogP contribution in [0.4, 0.5) is 0 Å². The minimum absolute atomic E-state index is 0.711. The molecule has 2 saturated heterocycles. The monoisotopic (exact) mass is 312 g/mol. The maximum atomic E-state index is 6.27. The quantitative estimate of drug-likeness (QED) is 0.911. The highest BCUT2D eigenvalue weighted by Crippen LogP contribution is 2.36. The van der Waals surface area contributed by atoms with Gasteiger partial charge in [0.1, 0.15) is 0 Å². The van der Waals surface area contributed by atoms with Crippen LogP contribution in [0.25, 0.3) is 0 Å². The van der Waals surface area contributed by atoms with Crippen LogP contribution >= 0.6 is 23.2 Å². The third-order valence-corrected chi connectivity index (χ3v) is 5.53. The highest BCUT2D eigenvalue weighted by molar-refractivity contribution is 6.35. The van der Waals surface area contributed by atoms with Gasteiger partial charge in [-0.05, 0) is 56.8 Å². The SMILES string of the molecule is CNC1CC2CCC(C1)N2CCc1ccc(Cl)cc1Cl. The predicted molar refractivity (Wildman–Crippen MR) is 85.8 cm³/mol. The van der Waals surface area contributed by atoms with E-state index in [9.17, 15) is 0 Å². The molecule has 2 fully saturated rings. The van der Waals surface area contributed by atoms with E-state index in [1.807, 2.05) is 12.1 Å². The molecule has 110 valence electrons. The lowest BCUT2D eigenvalue weighted by molar-refractivity contribution is 0.121. The molecule has 2 aliphatic heterocycles. The van der Waals surface area contributed by atoms with Gasteiger partial charge in [-0.3, -0.25) is 4.90 Å². The molecule has 1 aromatic rings. The number of rotatable bonds is 4. The minimum Gasteiger partial charge on any atom is -0.317 e. The fourth-order valence-electron chi connectivity index (χ4n) is 3.85. The number of hydrogen-bond acceptors (Lipinski definition) is 2. The molecule has 0 aliphatic carbocycles. The lowest BCUT2D eigenvalue weighted by Crippen LogP contribution is -2.48. The number of benzene rings is 1. The Hall–Kier alpha value is -0.280. The molecule has 1 aromatic carbocycles. The molecule has 2 aliphatic rings. The van der Waals surface area contributed by atoms with Crippen molar-refractivity contribution in [3.05, 3.63) is 33.8 Å². The molecule has 2 bridgehead atoms. The van der Waals surface area contributed by atoms with Gasteiger partial charge in [-0.15, -0.1) is 0 Å². The fraction of sp³-hybridized carbons (Fsp3) is 0.625. The number of hydrogen-bond donors (Lipinski definition) is 1. The summed E-state index contributed by atoms with van der Waals surface area (Å²) in [4.78, 5) is 2.71. The van der Waals surface area contributed by atoms with Gasteiger partial charge in [0, 0.05) is 34.7 Å². The van der Waals surface area contributed by atoms with Crippen LogP contribution < -0.4 is 5.32 Å². The Morgan fingerprint density at radius 1 is 1.20 bits per heavy atom. The van der Waals surface area contributed by atoms with Crippen molar-refractivity contribution >= 4 is 23.2 Å². The second kappa shape index (κ2) is 6.23. The molecule has 0 radical (unpaired) electrons. The highest BCUT2D eigenvalue weighted by Gasteiger charge is 2.39. The highest BCUT2D eigenvalue weighted by atomic mass is 35.5. The van der Waals surface area contributed by atoms with Crippen LogP contribution in [-0.2, 0) is 6.42 Å². The van der Waals surface area contributed by atoms with Crippen LogP contribution in [0.15, 0.2) is 18.2 Å². The van der Waals surface area contributed by atoms with E-state index in [-0.39, 0.29) is 0 Å². The molecule has 2 unspecified atom stereocenters. The first kappa shape index (κ1) is 14.6. The third-order valence-electron chi connectivity index (χ3n) is 4.95. The molecular formula is C16H22Cl2N2. The Morgan fingerprint density at radius 3 is 2.50 bits per heavy atom. The van der Waals surface area contributed by atoms with E-state index in [0.717, 1.165) is 30.1 Å². The molecule has 2 atom stereocenters. The zero-order valence-electron chi connectivity index (χ0n) is 11.9. The summed E-state index contributed by atoms with van der Waals surface area (Å²) in [7, 11) is 2.09. The van der Waals surface area contributed by atoms with E-state index in [1.54, 1.807) is 0 Å². The van der Waals surface area contributed by atoms with Gasteiger partial charge >= 0.3 is 0 Å². The molecule has 0 aromatic heterocycles. The van der Waals surface area contributed by atoms with Gasteiger partial charge in [-0.1, -0.05) is 29.3 Å². The maximum Gasteiger partial charge on any atom is 0.0453 e. The van der Waals surface area contributed by atoms with E-state index in [2.05, 4.69) is 23.3 Å². The summed E-state index contributed by atoms with van der Waals surface area (Å²) in [6, 6.07) is 8.08. The third kappa shape index (κ3) is 2.99. The number of halogens is 2. The standard InChI is InChI=1S/C16H22Cl2N2/c1-19-13-9-14-4-5-15(10-13)20(14)7-6-11-2-3-12(17)8-16(11)18/h2-3,8,13-15,19H,4-7,9-10H2,1H3. The largest absolute Gasteiger partial charge is 0.317 e. The lowest BCUT2D eigenvalue weighted by atomic mass is 9.97. The normalized spacial score (nSPS) is 29.9. The molecule has 2 nitrogen and oxygen atoms in total. The molecule has 0 saturated carbocycles. The number of piperidine rings is 1. The van der Waals surface area contributed by atoms with Gasteiger partial charge in [-0.2, -0.15) is 0 Å². The molecular weight excluding hydrogens is 291 g/mol. The van der Waals surface area contributed by atoms with Crippen LogP contribution in [0.5, 0.6) is 0 Å². The molecule has 20 heavy (non-hydrogen) atoms. The van der Waals surface area contributed by atoms with Crippen molar-refractivity contribution in [3.63, 3.8) is 0 Å². The van der Waals surface area contributed by atoms with Crippen molar-refractivity contribution in [2.45, 2.75) is 50.2 Å². The second-order valence-corrected chi connectivity index (χ2v) is 6.91. The van der Waals surface area contributed by atoms with Gasteiger partial charge in [-0.25, -0.2) is 0 Å². The lowest BCUT2D eigenvalue weighted by Gasteiger charge is -2.39. The zero-order chi connectivity index (χ0) is 14.1. The van der Waals surface area contributed by atoms with Crippen molar-refractivity contribution in [1.29, 1.82) is 0 Å². The Balaban J connectivity index is 1.62. The van der Waals surface area contributed by atoms with Gasteiger partial charge in [0.2, 0.25) is 0 Å². The van der Waals surface area contributed by atoms with Crippen LogP contribution in [0.1, 0.15) is 31.2 Å². The molecule has 1 N–H and O–H groups in total. The van der Waals surface area contributed by atoms with Crippen LogP contribution in [0, 0.1) is 0 Å². The summed E-state index contributed by atoms with van der Waals surface area (Å²) >= 11 is 12.2. The Morgan fingerprint density at radius 2 is 1.90 bits per heavy atom. The average Bonchev–Trinajstić information content (AvgIpc) is 2.68. The van der Waals surface area contributed by atoms with Crippen LogP contribution in [0.2, 0.25) is 10.0 Å². The van der Waals surface area contributed by atoms with Gasteiger partial charge in [0.05, 0.1) is 0 Å². The summed E-state index contributed by atoms with van der Waals surface area (Å²) in [5.74, 6) is 0. The van der Waals surface area contributed by atoms with E-state index < -0.39 is 0 Å². The summed E-state index contributed by atoms with van der Waals surface area (Å²) < 4.78 is 0. The predicted octanol–water partition coefficient (Wildman–Crippen LogP) is 3.75. The first-order chi connectivity index (χ1) is 9.67. The molecule has 2 heterocycles. The van der Waals surface area contributed by atoms with Crippen LogP contribution in [-0.4, -0.2) is 36.6 Å². The Bertz CT molecular complexity index is 464. The first-order valence-corrected chi connectivity index (χ1v) is 8.30. The Labute approximate surface area is 131 Å². The summed E-state index contributed by atoms with van der Waals surface area (Å²) in [6.07, 6.45) is 6.32. The summed E-state index contributed by atoms with van der Waals surface area (Å²) in [5, 5.41) is 4.97. The van der Waals surface area contributed by atoms with Gasteiger partial charge in [0.15, 0.2) is 0 Å². The second-order valence-electron chi connectivity index (χ2n) is 6.07. The van der Waals surface area contributed by atoms with Gasteiger partial charge < -0.3 is 5.32 Å². The molecule has 0 spiro atoms. The van der Waals surface area contributed by atoms with Gasteiger partial charge in [0.25, 0.3) is 0 Å². The average molecular weight is 313 g/mol. The number of nitrogens with one attached hydrogen (secondary N) is 1. The topological polar surface area (TPSA) is 15.3 Å². The van der Waals surface area contributed by atoms with Crippen LogP contribution in [0.3, 0.4) is 0 Å². The van der Waals surface area contributed by atoms with Crippen molar-refractivity contribution in [2.75, 3.05) is 13.6 Å². The molecule has 0 amide bonds. The molecule has 3 rings (SSSR count). The maximum absolute atomic E-state index is 6.27. The number of nitrogens with zero attached hydrogens (tertiary/aromatic N) is 1. The number of fused-ring (bicyclic) bond motifs is 2. The minimum atomic E-state index is 0.711. The zero-order valence-corrected chi connectivity index (χ0v) is 13.4. The summed E-state index contributed by atoms with van der Waals surface area (Å²) in [5.41, 5.74) is 1.21. The fourth-order valence-corrected chi connectivity index (χ4v) is 4.35. The van der Waals surface area contributed by atoms with E-state index in [1.165, 1.54) is 31.2 Å². The van der Waals surface area contributed by atoms with E-state index >= 15 is 0 Å². The van der Waals surface area contributed by atoms with Crippen molar-refractivity contribution < 1.29 is 0 Å².